The van der Waals surface area contributed by atoms with Crippen molar-refractivity contribution < 1.29 is 18.8 Å². The largest absolute Gasteiger partial charge is 0.487 e. The first-order valence-electron chi connectivity index (χ1n) is 10.3. The van der Waals surface area contributed by atoms with Crippen LogP contribution in [-0.4, -0.2) is 21.6 Å². The zero-order valence-corrected chi connectivity index (χ0v) is 17.8. The first-order chi connectivity index (χ1) is 15.5. The molecule has 0 fully saturated rings. The fraction of sp³-hybridized carbons (Fsp3) is 0.208. The number of amides is 1. The van der Waals surface area contributed by atoms with Gasteiger partial charge < -0.3 is 19.3 Å². The number of para-hydroxylation sites is 1. The summed E-state index contributed by atoms with van der Waals surface area (Å²) in [6.07, 6.45) is -0.0991. The smallest absolute Gasteiger partial charge is 0.287 e. The molecule has 0 spiro atoms. The number of benzene rings is 2. The second-order valence-electron chi connectivity index (χ2n) is 7.22. The molecule has 0 bridgehead atoms. The van der Waals surface area contributed by atoms with Gasteiger partial charge in [-0.15, -0.1) is 4.57 Å². The molecule has 0 saturated carbocycles. The van der Waals surface area contributed by atoms with Crippen molar-refractivity contribution in [2.75, 3.05) is 5.32 Å². The molecule has 0 radical (unpaired) electrons. The van der Waals surface area contributed by atoms with E-state index in [2.05, 4.69) is 10.3 Å². The summed E-state index contributed by atoms with van der Waals surface area (Å²) in [6.45, 7) is 3.74. The number of nitrogens with one attached hydrogen (secondary N) is 1. The van der Waals surface area contributed by atoms with E-state index in [4.69, 9.17) is 14.0 Å². The summed E-state index contributed by atoms with van der Waals surface area (Å²) in [6, 6.07) is 19.3. The van der Waals surface area contributed by atoms with Crippen molar-refractivity contribution in [2.24, 2.45) is 0 Å². The molecule has 8 nitrogen and oxygen atoms in total. The minimum Gasteiger partial charge on any atom is -0.487 e. The number of nitrogens with zero attached hydrogens (tertiary/aromatic N) is 2. The molecule has 0 saturated heterocycles. The average Bonchev–Trinajstić information content (AvgIpc) is 3.18. The Morgan fingerprint density at radius 1 is 1.09 bits per heavy atom. The highest BCUT2D eigenvalue weighted by Crippen LogP contribution is 2.20. The number of hydrogen-bond acceptors (Lipinski definition) is 6. The molecule has 1 atom stereocenters. The second kappa shape index (κ2) is 9.38. The summed E-state index contributed by atoms with van der Waals surface area (Å²) in [7, 11) is 0. The predicted octanol–water partition coefficient (Wildman–Crippen LogP) is 3.97. The molecule has 0 unspecified atom stereocenters. The third kappa shape index (κ3) is 4.97. The molecule has 0 aliphatic rings. The van der Waals surface area contributed by atoms with Crippen LogP contribution in [0.4, 0.5) is 5.69 Å². The molecular weight excluding hydrogens is 410 g/mol. The van der Waals surface area contributed by atoms with Crippen molar-refractivity contribution in [2.45, 2.75) is 33.0 Å². The zero-order valence-electron chi connectivity index (χ0n) is 17.8. The molecule has 8 heteroatoms. The third-order valence-corrected chi connectivity index (χ3v) is 4.70. The summed E-state index contributed by atoms with van der Waals surface area (Å²) >= 11 is 0. The van der Waals surface area contributed by atoms with Gasteiger partial charge in [0.1, 0.15) is 23.9 Å². The average molecular weight is 433 g/mol. The number of rotatable bonds is 8. The number of carbonyl (C=O) groups excluding carboxylic acids is 1. The maximum atomic E-state index is 12.7. The summed E-state index contributed by atoms with van der Waals surface area (Å²) in [5, 5.41) is 2.86. The van der Waals surface area contributed by atoms with Gasteiger partial charge in [0.2, 0.25) is 0 Å². The van der Waals surface area contributed by atoms with Crippen LogP contribution in [0.1, 0.15) is 24.8 Å². The van der Waals surface area contributed by atoms with E-state index in [1.807, 2.05) is 37.3 Å². The lowest BCUT2D eigenvalue weighted by molar-refractivity contribution is -0.122. The Hall–Kier alpha value is -4.07. The van der Waals surface area contributed by atoms with E-state index in [1.54, 1.807) is 37.3 Å². The van der Waals surface area contributed by atoms with Gasteiger partial charge in [-0.25, -0.2) is 4.98 Å². The molecule has 0 aliphatic carbocycles. The van der Waals surface area contributed by atoms with E-state index in [-0.39, 0.29) is 18.1 Å². The van der Waals surface area contributed by atoms with E-state index in [0.717, 1.165) is 4.57 Å². The van der Waals surface area contributed by atoms with E-state index in [1.165, 1.54) is 6.07 Å². The molecule has 4 rings (SSSR count). The second-order valence-corrected chi connectivity index (χ2v) is 7.22. The van der Waals surface area contributed by atoms with Crippen LogP contribution in [-0.2, 0) is 11.4 Å². The van der Waals surface area contributed by atoms with Crippen LogP contribution in [0.25, 0.3) is 5.65 Å². The SMILES string of the molecule is CC[C@H](Oc1ccccc1)C(=O)Nc1cccc(OCc2cc(=O)n3oc(C)cc3n2)c1. The number of ether oxygens (including phenoxy) is 2. The Kier molecular flexibility index (Phi) is 6.21. The number of aromatic nitrogens is 2. The molecule has 0 aliphatic heterocycles. The Bertz CT molecular complexity index is 1280. The van der Waals surface area contributed by atoms with E-state index in [0.29, 0.717) is 40.7 Å². The van der Waals surface area contributed by atoms with Crippen molar-refractivity contribution in [3.05, 3.63) is 88.5 Å². The molecule has 1 N–H and O–H groups in total. The fourth-order valence-electron chi connectivity index (χ4n) is 3.18. The predicted molar refractivity (Wildman–Crippen MR) is 119 cm³/mol. The lowest BCUT2D eigenvalue weighted by Gasteiger charge is -2.17. The van der Waals surface area contributed by atoms with E-state index < -0.39 is 6.10 Å². The van der Waals surface area contributed by atoms with Crippen molar-refractivity contribution in [1.82, 2.24) is 9.56 Å². The summed E-state index contributed by atoms with van der Waals surface area (Å²) in [4.78, 5) is 29.2. The third-order valence-electron chi connectivity index (χ3n) is 4.70. The van der Waals surface area contributed by atoms with Crippen LogP contribution in [0.3, 0.4) is 0 Å². The monoisotopic (exact) mass is 433 g/mol. The Balaban J connectivity index is 1.41. The Morgan fingerprint density at radius 3 is 2.66 bits per heavy atom. The maximum Gasteiger partial charge on any atom is 0.287 e. The van der Waals surface area contributed by atoms with Gasteiger partial charge in [0.05, 0.1) is 5.69 Å². The molecule has 2 aromatic carbocycles. The van der Waals surface area contributed by atoms with Gasteiger partial charge in [-0.1, -0.05) is 31.2 Å². The molecule has 2 aromatic heterocycles. The van der Waals surface area contributed by atoms with Crippen LogP contribution in [0.2, 0.25) is 0 Å². The van der Waals surface area contributed by atoms with Crippen molar-refractivity contribution >= 4 is 17.2 Å². The molecule has 2 heterocycles. The Labute approximate surface area is 184 Å². The van der Waals surface area contributed by atoms with E-state index in [9.17, 15) is 9.59 Å². The van der Waals surface area contributed by atoms with Crippen molar-refractivity contribution in [3.63, 3.8) is 0 Å². The molecular formula is C24H23N3O5. The van der Waals surface area contributed by atoms with Gasteiger partial charge in [-0.3, -0.25) is 9.59 Å². The highest BCUT2D eigenvalue weighted by atomic mass is 16.5. The normalized spacial score (nSPS) is 11.8. The van der Waals surface area contributed by atoms with Crippen LogP contribution in [0.15, 0.2) is 76.0 Å². The molecule has 1 amide bonds. The number of carbonyl (C=O) groups is 1. The highest BCUT2D eigenvalue weighted by molar-refractivity contribution is 5.94. The van der Waals surface area contributed by atoms with Crippen LogP contribution >= 0.6 is 0 Å². The van der Waals surface area contributed by atoms with Gasteiger partial charge in [0.15, 0.2) is 11.8 Å². The molecule has 4 aromatic rings. The van der Waals surface area contributed by atoms with Crippen molar-refractivity contribution in [3.8, 4) is 11.5 Å². The van der Waals surface area contributed by atoms with Crippen LogP contribution in [0.5, 0.6) is 11.5 Å². The summed E-state index contributed by atoms with van der Waals surface area (Å²) in [5.74, 6) is 1.52. The van der Waals surface area contributed by atoms with Crippen molar-refractivity contribution in [1.29, 1.82) is 0 Å². The van der Waals surface area contributed by atoms with Gasteiger partial charge in [0.25, 0.3) is 11.5 Å². The quantitative estimate of drug-likeness (QED) is 0.452. The van der Waals surface area contributed by atoms with E-state index >= 15 is 0 Å². The number of hydrogen-bond donors (Lipinski definition) is 1. The summed E-state index contributed by atoms with van der Waals surface area (Å²) < 4.78 is 18.0. The number of fused-ring (bicyclic) bond motifs is 1. The van der Waals surface area contributed by atoms with Gasteiger partial charge in [-0.2, -0.15) is 0 Å². The van der Waals surface area contributed by atoms with Gasteiger partial charge >= 0.3 is 0 Å². The Morgan fingerprint density at radius 2 is 1.88 bits per heavy atom. The van der Waals surface area contributed by atoms with Gasteiger partial charge in [-0.05, 0) is 37.6 Å². The number of anilines is 1. The minimum atomic E-state index is -0.621. The maximum absolute atomic E-state index is 12.7. The highest BCUT2D eigenvalue weighted by Gasteiger charge is 2.18. The first-order valence-corrected chi connectivity index (χ1v) is 10.3. The lowest BCUT2D eigenvalue weighted by atomic mass is 10.2. The minimum absolute atomic E-state index is 0.0993. The molecule has 32 heavy (non-hydrogen) atoms. The number of aryl methyl sites for hydroxylation is 1. The first kappa shape index (κ1) is 21.2. The fourth-order valence-corrected chi connectivity index (χ4v) is 3.18. The topological polar surface area (TPSA) is 95.1 Å². The zero-order chi connectivity index (χ0) is 22.5. The van der Waals surface area contributed by atoms with Gasteiger partial charge in [0, 0.05) is 23.9 Å². The lowest BCUT2D eigenvalue weighted by Crippen LogP contribution is -2.32. The molecule has 164 valence electrons. The van der Waals surface area contributed by atoms with Crippen LogP contribution in [0, 0.1) is 6.92 Å². The van der Waals surface area contributed by atoms with Crippen LogP contribution < -0.4 is 20.3 Å². The standard InChI is InChI=1S/C24H23N3O5/c1-3-21(31-19-9-5-4-6-10-19)24(29)26-17-8-7-11-20(13-17)30-15-18-14-23(28)27-22(25-18)12-16(2)32-27/h4-14,21H,3,15H2,1-2H3,(H,26,29)/t21-/m0/s1. The summed E-state index contributed by atoms with van der Waals surface area (Å²) in [5.41, 5.74) is 1.18.